The molecule has 0 spiro atoms. The number of fused-ring (bicyclic) bond motifs is 5. The zero-order valence-corrected chi connectivity index (χ0v) is 32.6. The minimum Gasteiger partial charge on any atom is -0.508 e. The van der Waals surface area contributed by atoms with Gasteiger partial charge in [-0.25, -0.2) is 42.5 Å². The summed E-state index contributed by atoms with van der Waals surface area (Å²) in [6.07, 6.45) is -12.0. The summed E-state index contributed by atoms with van der Waals surface area (Å²) in [7, 11) is -5.26. The van der Waals surface area contributed by atoms with E-state index in [0.717, 1.165) is 29.8 Å². The Morgan fingerprint density at radius 3 is 2.36 bits per heavy atom. The highest BCUT2D eigenvalue weighted by atomic mass is 32.7. The number of hydrogen-bond donors (Lipinski definition) is 5. The van der Waals surface area contributed by atoms with Crippen molar-refractivity contribution < 1.29 is 74.9 Å². The van der Waals surface area contributed by atoms with Gasteiger partial charge in [-0.3, -0.25) is 27.6 Å². The van der Waals surface area contributed by atoms with Crippen LogP contribution in [-0.2, 0) is 42.5 Å². The Labute approximate surface area is 335 Å². The van der Waals surface area contributed by atoms with Gasteiger partial charge in [-0.05, 0) is 59.4 Å². The van der Waals surface area contributed by atoms with E-state index in [2.05, 4.69) is 20.3 Å². The number of alkyl halides is 2. The topological polar surface area (TPSA) is 278 Å². The van der Waals surface area contributed by atoms with Crippen LogP contribution < -0.4 is 15.8 Å². The van der Waals surface area contributed by atoms with E-state index in [1.54, 1.807) is 0 Å². The van der Waals surface area contributed by atoms with Crippen molar-refractivity contribution in [3.05, 3.63) is 84.6 Å². The maximum absolute atomic E-state index is 16.4. The Balaban J connectivity index is 1.08. The van der Waals surface area contributed by atoms with E-state index in [1.165, 1.54) is 53.1 Å². The number of esters is 1. The van der Waals surface area contributed by atoms with Crippen molar-refractivity contribution in [1.82, 2.24) is 29.7 Å². The normalized spacial score (nSPS) is 33.7. The van der Waals surface area contributed by atoms with Gasteiger partial charge in [-0.2, -0.15) is 0 Å². The van der Waals surface area contributed by atoms with Crippen LogP contribution in [-0.4, -0.2) is 114 Å². The molecule has 0 saturated carbocycles. The summed E-state index contributed by atoms with van der Waals surface area (Å²) in [4.78, 5) is 49.1. The van der Waals surface area contributed by atoms with Crippen LogP contribution in [0.1, 0.15) is 22.1 Å². The number of ether oxygens (including phenoxy) is 3. The first-order valence-corrected chi connectivity index (χ1v) is 22.1. The summed E-state index contributed by atoms with van der Waals surface area (Å²) in [6.45, 7) is -6.54. The highest BCUT2D eigenvalue weighted by Crippen LogP contribution is 2.64. The molecule has 0 radical (unpaired) electrons. The second-order valence-electron chi connectivity index (χ2n) is 13.2. The van der Waals surface area contributed by atoms with Gasteiger partial charge in [0.2, 0.25) is 0 Å². The summed E-state index contributed by atoms with van der Waals surface area (Å²) in [5, 5.41) is 21.6. The third kappa shape index (κ3) is 8.70. The number of carbonyl (C=O) groups excluding carboxylic acids is 2. The number of nitrogens with two attached hydrogens (primary N) is 1. The lowest BCUT2D eigenvalue weighted by Crippen LogP contribution is -2.53. The van der Waals surface area contributed by atoms with Crippen molar-refractivity contribution in [3.63, 3.8) is 0 Å². The van der Waals surface area contributed by atoms with E-state index >= 15 is 8.78 Å². The largest absolute Gasteiger partial charge is 0.508 e. The molecule has 2 aromatic carbocycles. The van der Waals surface area contributed by atoms with Crippen molar-refractivity contribution in [2.75, 3.05) is 18.9 Å². The number of aliphatic hydroxyl groups excluding tert-OH is 1. The van der Waals surface area contributed by atoms with E-state index in [4.69, 9.17) is 38.0 Å². The smallest absolute Gasteiger partial charge is 0.472 e. The van der Waals surface area contributed by atoms with Crippen LogP contribution in [0.15, 0.2) is 73.5 Å². The van der Waals surface area contributed by atoms with Gasteiger partial charge in [0.1, 0.15) is 54.0 Å². The van der Waals surface area contributed by atoms with Crippen molar-refractivity contribution in [2.45, 2.75) is 61.2 Å². The number of hydrogen-bond acceptors (Lipinski definition) is 18. The Morgan fingerprint density at radius 2 is 1.64 bits per heavy atom. The number of phenolic OH excluding ortho intramolecular Hbond substituents is 1. The highest BCUT2D eigenvalue weighted by molar-refractivity contribution is 8.54. The van der Waals surface area contributed by atoms with Crippen LogP contribution in [0.25, 0.3) is 11.2 Å². The molecule has 59 heavy (non-hydrogen) atoms. The molecule has 314 valence electrons. The number of phosphoric ester groups is 1. The Kier molecular flexibility index (Phi) is 11.5. The quantitative estimate of drug-likeness (QED) is 0.101. The number of phenols is 1. The third-order valence-electron chi connectivity index (χ3n) is 9.33. The minimum atomic E-state index is -5.26. The maximum Gasteiger partial charge on any atom is 0.472 e. The first-order chi connectivity index (χ1) is 28.2. The lowest BCUT2D eigenvalue weighted by atomic mass is 10.1. The molecule has 8 rings (SSSR count). The molecule has 3 fully saturated rings. The number of phosphoric acid groups is 1. The van der Waals surface area contributed by atoms with Gasteiger partial charge in [-0.1, -0.05) is 12.1 Å². The number of benzene rings is 2. The van der Waals surface area contributed by atoms with Gasteiger partial charge in [0.25, 0.3) is 0 Å². The van der Waals surface area contributed by atoms with Crippen molar-refractivity contribution in [2.24, 2.45) is 0 Å². The zero-order valence-electron chi connectivity index (χ0n) is 30.0. The number of aliphatic hydroxyl groups is 1. The van der Waals surface area contributed by atoms with Crippen LogP contribution in [0.4, 0.5) is 19.4 Å². The Hall–Kier alpha value is -4.58. The van der Waals surface area contributed by atoms with Gasteiger partial charge < -0.3 is 40.4 Å². The second-order valence-corrected chi connectivity index (χ2v) is 18.7. The average Bonchev–Trinajstić information content (AvgIpc) is 3.86. The molecule has 4 aliphatic rings. The number of aromatic nitrogens is 4. The molecule has 21 nitrogen and oxygen atoms in total. The molecule has 4 aromatic rings. The minimum absolute atomic E-state index is 0.0295. The Bertz CT molecular complexity index is 2350. The van der Waals surface area contributed by atoms with Crippen molar-refractivity contribution in [1.29, 1.82) is 0 Å². The summed E-state index contributed by atoms with van der Waals surface area (Å²) in [5.74, 6) is -0.751. The number of halogens is 2. The van der Waals surface area contributed by atoms with Gasteiger partial charge in [0.15, 0.2) is 36.3 Å². The molecule has 2 aromatic heterocycles. The monoisotopic (exact) mass is 883 g/mol. The predicted molar refractivity (Wildman–Crippen MR) is 197 cm³/mol. The van der Waals surface area contributed by atoms with E-state index in [0.29, 0.717) is 16.9 Å². The molecule has 26 heteroatoms. The molecule has 0 aliphatic carbocycles. The van der Waals surface area contributed by atoms with E-state index in [9.17, 15) is 33.8 Å². The molecular formula is C33H33F2N7O14P2S. The van der Waals surface area contributed by atoms with Crippen LogP contribution in [0.2, 0.25) is 0 Å². The second kappa shape index (κ2) is 16.5. The fourth-order valence-corrected chi connectivity index (χ4v) is 10.7. The highest BCUT2D eigenvalue weighted by Gasteiger charge is 2.56. The zero-order chi connectivity index (χ0) is 41.6. The van der Waals surface area contributed by atoms with Crippen molar-refractivity contribution >= 4 is 55.0 Å². The number of urea groups is 1. The lowest BCUT2D eigenvalue weighted by Gasteiger charge is -2.33. The number of aromatic hydroxyl groups is 1. The number of anilines is 1. The summed E-state index contributed by atoms with van der Waals surface area (Å²) >= 11 is 0.559. The number of amides is 2. The molecule has 11 atom stereocenters. The van der Waals surface area contributed by atoms with Gasteiger partial charge in [0.05, 0.1) is 25.1 Å². The molecule has 3 saturated heterocycles. The molecule has 2 amide bonds. The first kappa shape index (κ1) is 41.2. The van der Waals surface area contributed by atoms with Crippen LogP contribution in [0.3, 0.4) is 0 Å². The number of rotatable bonds is 7. The average molecular weight is 884 g/mol. The SMILES string of the molecule is Nc1ncnc2c1ncn2[C@@H]1O[C@@H]2CO[P@](=O)(SCc3ccc(OC(=O)c4ccc(O)cc4)cc3)O[C@@H]3[C@H](F)[C@@H](COP(=O)(O)O[C@@H]1[C@@H]2F)O[C@H]3N1C=CC(O)NC1=O. The molecular weight excluding hydrogens is 850 g/mol. The first-order valence-electron chi connectivity index (χ1n) is 17.5. The van der Waals surface area contributed by atoms with Crippen LogP contribution in [0, 0.1) is 0 Å². The third-order valence-corrected chi connectivity index (χ3v) is 14.0. The number of carbonyl (C=O) groups is 2. The standard InChI is InChI=1S/C33H33F2N7O14P2S/c34-23-21-12-51-58(49,59-13-16-1-7-19(8-2-16)52-32(45)17-3-5-18(43)6-4-17)56-27-24(35)20(53-30(27)41-10-9-22(44)40-33(41)46)11-50-57(47,48)55-26(23)31(54-21)42-15-39-25-28(36)37-14-38-29(25)42/h1-10,14-15,20-24,26-27,30-31,43-44H,11-13H2,(H,40,46)(H,47,48)(H2,36,37,38)/t20-,21-,22?,23-,24-,26-,27-,30-,31-,58+/m1/s1. The molecule has 2 unspecified atom stereocenters. The fourth-order valence-electron chi connectivity index (χ4n) is 6.41. The van der Waals surface area contributed by atoms with E-state index < -0.39 is 95.3 Å². The molecule has 6 N–H and O–H groups in total. The lowest BCUT2D eigenvalue weighted by molar-refractivity contribution is -0.0723. The number of nitrogen functional groups attached to an aromatic ring is 1. The van der Waals surface area contributed by atoms with E-state index in [-0.39, 0.29) is 39.8 Å². The van der Waals surface area contributed by atoms with E-state index in [1.807, 2.05) is 0 Å². The van der Waals surface area contributed by atoms with Crippen LogP contribution in [0.5, 0.6) is 11.5 Å². The number of nitrogens with zero attached hydrogens (tertiary/aromatic N) is 5. The number of imidazole rings is 1. The molecule has 6 heterocycles. The fraction of sp³-hybridized carbons (Fsp3) is 0.364. The van der Waals surface area contributed by atoms with Crippen LogP contribution >= 0.6 is 26.0 Å². The van der Waals surface area contributed by atoms with Crippen molar-refractivity contribution in [3.8, 4) is 11.5 Å². The van der Waals surface area contributed by atoms with Gasteiger partial charge >= 0.3 is 26.6 Å². The summed E-state index contributed by atoms with van der Waals surface area (Å²) in [6, 6.07) is 10.4. The van der Waals surface area contributed by atoms with Gasteiger partial charge in [0, 0.05) is 12.0 Å². The number of nitrogens with one attached hydrogen (secondary N) is 1. The molecule has 4 bridgehead atoms. The Morgan fingerprint density at radius 1 is 0.966 bits per heavy atom. The maximum atomic E-state index is 16.4. The predicted octanol–water partition coefficient (Wildman–Crippen LogP) is 3.45. The molecule has 4 aliphatic heterocycles. The summed E-state index contributed by atoms with van der Waals surface area (Å²) < 4.78 is 101. The van der Waals surface area contributed by atoms with Gasteiger partial charge in [-0.15, -0.1) is 0 Å². The summed E-state index contributed by atoms with van der Waals surface area (Å²) in [5.41, 5.74) is 6.72.